The van der Waals surface area contributed by atoms with E-state index in [2.05, 4.69) is 0 Å². The van der Waals surface area contributed by atoms with Crippen LogP contribution < -0.4 is 0 Å². The summed E-state index contributed by atoms with van der Waals surface area (Å²) in [6.45, 7) is 2.70. The van der Waals surface area contributed by atoms with E-state index in [1.54, 1.807) is 11.0 Å². The number of carbonyl (C=O) groups excluding carboxylic acids is 1. The zero-order valence-electron chi connectivity index (χ0n) is 19.9. The largest absolute Gasteiger partial charge is 0.416 e. The molecule has 200 valence electrons. The number of benzene rings is 2. The first-order valence-electron chi connectivity index (χ1n) is 11.9. The number of piperazine rings is 1. The van der Waals surface area contributed by atoms with Crippen LogP contribution in [-0.2, 0) is 27.5 Å². The Kier molecular flexibility index (Phi) is 7.85. The lowest BCUT2D eigenvalue weighted by Crippen LogP contribution is -2.51. The fourth-order valence-electron chi connectivity index (χ4n) is 4.72. The van der Waals surface area contributed by atoms with Gasteiger partial charge in [0.2, 0.25) is 15.9 Å². The van der Waals surface area contributed by atoms with Crippen LogP contribution in [0.15, 0.2) is 53.4 Å². The smallest absolute Gasteiger partial charge is 0.340 e. The minimum Gasteiger partial charge on any atom is -0.340 e. The van der Waals surface area contributed by atoms with E-state index in [-0.39, 0.29) is 35.5 Å². The summed E-state index contributed by atoms with van der Waals surface area (Å²) < 4.78 is 66.0. The Hall–Kier alpha value is -3.03. The molecule has 0 saturated carbocycles. The lowest BCUT2D eigenvalue weighted by atomic mass is 9.96. The van der Waals surface area contributed by atoms with Crippen LogP contribution in [0.3, 0.4) is 0 Å². The van der Waals surface area contributed by atoms with E-state index < -0.39 is 26.7 Å². The SMILES string of the molecule is O=C(C1CCN(S(=O)(=O)c2ccc([N+](=O)[O-])cc2)CC1)N1CCN(Cc2cccc(C(F)(F)F)c2)CC1. The molecular weight excluding hydrogens is 513 g/mol. The first-order chi connectivity index (χ1) is 17.4. The molecule has 2 saturated heterocycles. The molecule has 2 aliphatic heterocycles. The molecule has 0 unspecified atom stereocenters. The molecule has 4 rings (SSSR count). The highest BCUT2D eigenvalue weighted by Gasteiger charge is 2.35. The van der Waals surface area contributed by atoms with E-state index in [1.807, 2.05) is 4.90 Å². The normalized spacial score (nSPS) is 18.6. The molecule has 0 N–H and O–H groups in total. The highest BCUT2D eigenvalue weighted by atomic mass is 32.2. The van der Waals surface area contributed by atoms with Gasteiger partial charge >= 0.3 is 6.18 Å². The van der Waals surface area contributed by atoms with Crippen molar-refractivity contribution in [1.29, 1.82) is 0 Å². The summed E-state index contributed by atoms with van der Waals surface area (Å²) in [5.74, 6) is -0.343. The van der Waals surface area contributed by atoms with E-state index >= 15 is 0 Å². The standard InChI is InChI=1S/C24H27F3N4O5S/c25-24(26,27)20-3-1-2-18(16-20)17-28-12-14-29(15-13-28)23(32)19-8-10-30(11-9-19)37(35,36)22-6-4-21(5-7-22)31(33)34/h1-7,16,19H,8-15,17H2. The third-order valence-corrected chi connectivity index (χ3v) is 8.75. The molecule has 13 heteroatoms. The van der Waals surface area contributed by atoms with Crippen molar-refractivity contribution < 1.29 is 31.3 Å². The van der Waals surface area contributed by atoms with Gasteiger partial charge in [-0.05, 0) is 36.6 Å². The zero-order chi connectivity index (χ0) is 26.8. The fourth-order valence-corrected chi connectivity index (χ4v) is 6.19. The van der Waals surface area contributed by atoms with E-state index in [0.29, 0.717) is 51.1 Å². The summed E-state index contributed by atoms with van der Waals surface area (Å²) >= 11 is 0. The van der Waals surface area contributed by atoms with Gasteiger partial charge in [-0.2, -0.15) is 17.5 Å². The molecule has 0 aromatic heterocycles. The maximum atomic E-state index is 13.1. The highest BCUT2D eigenvalue weighted by Crippen LogP contribution is 2.30. The molecule has 0 atom stereocenters. The number of hydrogen-bond acceptors (Lipinski definition) is 6. The Morgan fingerprint density at radius 3 is 2.16 bits per heavy atom. The molecule has 37 heavy (non-hydrogen) atoms. The van der Waals surface area contributed by atoms with Crippen molar-refractivity contribution in [2.75, 3.05) is 39.3 Å². The van der Waals surface area contributed by atoms with Crippen LogP contribution in [0.4, 0.5) is 18.9 Å². The third kappa shape index (κ3) is 6.28. The molecule has 1 amide bonds. The Balaban J connectivity index is 1.27. The van der Waals surface area contributed by atoms with Gasteiger partial charge in [-0.25, -0.2) is 8.42 Å². The summed E-state index contributed by atoms with van der Waals surface area (Å²) in [6.07, 6.45) is -3.65. The van der Waals surface area contributed by atoms with Crippen molar-refractivity contribution >= 4 is 21.6 Å². The monoisotopic (exact) mass is 540 g/mol. The number of hydrogen-bond donors (Lipinski definition) is 0. The van der Waals surface area contributed by atoms with Gasteiger partial charge in [0.1, 0.15) is 0 Å². The second kappa shape index (κ2) is 10.8. The maximum absolute atomic E-state index is 13.1. The van der Waals surface area contributed by atoms with Crippen molar-refractivity contribution in [3.8, 4) is 0 Å². The Labute approximate surface area is 212 Å². The van der Waals surface area contributed by atoms with Gasteiger partial charge in [0.05, 0.1) is 15.4 Å². The summed E-state index contributed by atoms with van der Waals surface area (Å²) in [4.78, 5) is 27.0. The van der Waals surface area contributed by atoms with Gasteiger partial charge in [0.15, 0.2) is 0 Å². The van der Waals surface area contributed by atoms with Crippen LogP contribution in [0.25, 0.3) is 0 Å². The number of halogens is 3. The van der Waals surface area contributed by atoms with Crippen molar-refractivity contribution in [1.82, 2.24) is 14.1 Å². The zero-order valence-corrected chi connectivity index (χ0v) is 20.7. The molecule has 2 heterocycles. The fraction of sp³-hybridized carbons (Fsp3) is 0.458. The van der Waals surface area contributed by atoms with Crippen LogP contribution in [-0.4, -0.2) is 72.6 Å². The van der Waals surface area contributed by atoms with E-state index in [1.165, 1.54) is 22.5 Å². The molecule has 0 radical (unpaired) electrons. The van der Waals surface area contributed by atoms with Crippen molar-refractivity contribution in [3.63, 3.8) is 0 Å². The van der Waals surface area contributed by atoms with Crippen LogP contribution in [0.5, 0.6) is 0 Å². The Bertz CT molecular complexity index is 1240. The molecule has 2 fully saturated rings. The number of non-ortho nitro benzene ring substituents is 1. The average Bonchev–Trinajstić information content (AvgIpc) is 2.88. The average molecular weight is 541 g/mol. The van der Waals surface area contributed by atoms with E-state index in [4.69, 9.17) is 0 Å². The molecule has 9 nitrogen and oxygen atoms in total. The number of nitro benzene ring substituents is 1. The highest BCUT2D eigenvalue weighted by molar-refractivity contribution is 7.89. The summed E-state index contributed by atoms with van der Waals surface area (Å²) in [5.41, 5.74) is -0.310. The summed E-state index contributed by atoms with van der Waals surface area (Å²) in [7, 11) is -3.82. The van der Waals surface area contributed by atoms with Gasteiger partial charge in [0.25, 0.3) is 5.69 Å². The van der Waals surface area contributed by atoms with Crippen molar-refractivity contribution in [2.24, 2.45) is 5.92 Å². The lowest BCUT2D eigenvalue weighted by Gasteiger charge is -2.38. The number of amides is 1. The van der Waals surface area contributed by atoms with Gasteiger partial charge in [-0.3, -0.25) is 19.8 Å². The first kappa shape index (κ1) is 27.0. The maximum Gasteiger partial charge on any atom is 0.416 e. The molecular formula is C24H27F3N4O5S. The van der Waals surface area contributed by atoms with Crippen molar-refractivity contribution in [3.05, 3.63) is 69.8 Å². The number of carbonyl (C=O) groups is 1. The van der Waals surface area contributed by atoms with Crippen LogP contribution in [0.2, 0.25) is 0 Å². The van der Waals surface area contributed by atoms with Gasteiger partial charge in [-0.15, -0.1) is 0 Å². The molecule has 0 bridgehead atoms. The van der Waals surface area contributed by atoms with Crippen molar-refractivity contribution in [2.45, 2.75) is 30.5 Å². The predicted molar refractivity (Wildman–Crippen MR) is 128 cm³/mol. The topological polar surface area (TPSA) is 104 Å². The second-order valence-electron chi connectivity index (χ2n) is 9.23. The number of rotatable bonds is 6. The van der Waals surface area contributed by atoms with Gasteiger partial charge in [0, 0.05) is 63.9 Å². The number of piperidine rings is 1. The number of nitrogens with zero attached hydrogens (tertiary/aromatic N) is 4. The minimum atomic E-state index is -4.39. The van der Waals surface area contributed by atoms with Crippen LogP contribution in [0.1, 0.15) is 24.0 Å². The minimum absolute atomic E-state index is 0.0280. The molecule has 0 spiro atoms. The van der Waals surface area contributed by atoms with Gasteiger partial charge < -0.3 is 4.90 Å². The third-order valence-electron chi connectivity index (χ3n) is 6.83. The lowest BCUT2D eigenvalue weighted by molar-refractivity contribution is -0.384. The summed E-state index contributed by atoms with van der Waals surface area (Å²) in [5, 5.41) is 10.8. The van der Waals surface area contributed by atoms with Crippen LogP contribution in [0, 0.1) is 16.0 Å². The molecule has 2 aromatic carbocycles. The van der Waals surface area contributed by atoms with Crippen LogP contribution >= 0.6 is 0 Å². The van der Waals surface area contributed by atoms with E-state index in [9.17, 15) is 36.5 Å². The molecule has 0 aliphatic carbocycles. The molecule has 2 aliphatic rings. The quantitative estimate of drug-likeness (QED) is 0.411. The molecule has 2 aromatic rings. The number of alkyl halides is 3. The first-order valence-corrected chi connectivity index (χ1v) is 13.3. The predicted octanol–water partition coefficient (Wildman–Crippen LogP) is 3.36. The summed E-state index contributed by atoms with van der Waals surface area (Å²) in [6, 6.07) is 9.97. The van der Waals surface area contributed by atoms with E-state index in [0.717, 1.165) is 24.3 Å². The Morgan fingerprint density at radius 2 is 1.59 bits per heavy atom. The van der Waals surface area contributed by atoms with Gasteiger partial charge in [-0.1, -0.05) is 18.2 Å². The Morgan fingerprint density at radius 1 is 0.973 bits per heavy atom. The second-order valence-corrected chi connectivity index (χ2v) is 11.2. The number of sulfonamides is 1. The number of nitro groups is 1.